The molecule has 0 bridgehead atoms. The predicted octanol–water partition coefficient (Wildman–Crippen LogP) is 2.91. The van der Waals surface area contributed by atoms with E-state index in [0.29, 0.717) is 25.3 Å². The number of benzene rings is 2. The van der Waals surface area contributed by atoms with E-state index in [4.69, 9.17) is 9.84 Å². The summed E-state index contributed by atoms with van der Waals surface area (Å²) in [5.41, 5.74) is 0.558. The summed E-state index contributed by atoms with van der Waals surface area (Å²) < 4.78 is 7.45. The molecule has 0 fully saturated rings. The molecule has 0 aliphatic carbocycles. The molecule has 1 N–H and O–H groups in total. The zero-order valence-electron chi connectivity index (χ0n) is 12.8. The normalized spacial score (nSPS) is 10.8. The molecular weight excluding hydrogens is 294 g/mol. The first-order valence-electron chi connectivity index (χ1n) is 7.41. The second-order valence-corrected chi connectivity index (χ2v) is 5.23. The van der Waals surface area contributed by atoms with Crippen LogP contribution in [0.25, 0.3) is 10.8 Å². The molecule has 0 saturated heterocycles. The molecule has 0 saturated carbocycles. The lowest BCUT2D eigenvalue weighted by atomic mass is 10.1. The quantitative estimate of drug-likeness (QED) is 0.708. The molecular formula is C17H17N3O3. The van der Waals surface area contributed by atoms with Gasteiger partial charge in [0, 0.05) is 18.4 Å². The predicted molar refractivity (Wildman–Crippen MR) is 85.8 cm³/mol. The van der Waals surface area contributed by atoms with Gasteiger partial charge in [0.25, 0.3) is 0 Å². The Balaban J connectivity index is 1.60. The molecule has 3 aromatic rings. The van der Waals surface area contributed by atoms with Crippen LogP contribution in [0.2, 0.25) is 0 Å². The number of aromatic carboxylic acids is 1. The summed E-state index contributed by atoms with van der Waals surface area (Å²) in [5.74, 6) is -0.203. The van der Waals surface area contributed by atoms with Gasteiger partial charge in [0.05, 0.1) is 12.3 Å². The fourth-order valence-corrected chi connectivity index (χ4v) is 2.49. The third kappa shape index (κ3) is 3.15. The van der Waals surface area contributed by atoms with E-state index in [9.17, 15) is 4.79 Å². The average molecular weight is 311 g/mol. The van der Waals surface area contributed by atoms with Crippen molar-refractivity contribution in [3.63, 3.8) is 0 Å². The van der Waals surface area contributed by atoms with Crippen molar-refractivity contribution >= 4 is 16.7 Å². The maximum absolute atomic E-state index is 10.9. The number of hydrogen-bond acceptors (Lipinski definition) is 4. The van der Waals surface area contributed by atoms with Gasteiger partial charge in [-0.15, -0.1) is 5.10 Å². The number of fused-ring (bicyclic) bond motifs is 1. The Labute approximate surface area is 133 Å². The van der Waals surface area contributed by atoms with Crippen LogP contribution in [0.15, 0.2) is 42.5 Å². The van der Waals surface area contributed by atoms with Crippen molar-refractivity contribution in [2.45, 2.75) is 19.9 Å². The number of ether oxygens (including phenoxy) is 1. The van der Waals surface area contributed by atoms with Gasteiger partial charge in [-0.2, -0.15) is 0 Å². The van der Waals surface area contributed by atoms with E-state index >= 15 is 0 Å². The standard InChI is InChI=1S/C17H17N3O3/c1-12-16(17(21)22)18-19-20(12)10-5-11-23-15-9-4-7-13-6-2-3-8-14(13)15/h2-4,6-9H,5,10-11H2,1H3,(H,21,22). The average Bonchev–Trinajstić information content (AvgIpc) is 2.93. The number of carboxylic acids is 1. The molecule has 3 rings (SSSR count). The maximum Gasteiger partial charge on any atom is 0.358 e. The van der Waals surface area contributed by atoms with Crippen molar-refractivity contribution in [3.05, 3.63) is 53.9 Å². The van der Waals surface area contributed by atoms with Crippen LogP contribution in [0.4, 0.5) is 0 Å². The summed E-state index contributed by atoms with van der Waals surface area (Å²) in [6, 6.07) is 14.0. The van der Waals surface area contributed by atoms with Crippen LogP contribution in [-0.4, -0.2) is 32.7 Å². The van der Waals surface area contributed by atoms with E-state index < -0.39 is 5.97 Å². The number of nitrogens with zero attached hydrogens (tertiary/aromatic N) is 3. The number of hydrogen-bond donors (Lipinski definition) is 1. The van der Waals surface area contributed by atoms with Crippen molar-refractivity contribution in [2.75, 3.05) is 6.61 Å². The van der Waals surface area contributed by atoms with Crippen LogP contribution in [-0.2, 0) is 6.54 Å². The van der Waals surface area contributed by atoms with Gasteiger partial charge in [-0.05, 0) is 18.4 Å². The Hall–Kier alpha value is -2.89. The minimum Gasteiger partial charge on any atom is -0.493 e. The number of aromatic nitrogens is 3. The first-order chi connectivity index (χ1) is 11.2. The summed E-state index contributed by atoms with van der Waals surface area (Å²) in [6.07, 6.45) is 0.715. The summed E-state index contributed by atoms with van der Waals surface area (Å²) in [6.45, 7) is 2.79. The molecule has 118 valence electrons. The second kappa shape index (κ2) is 6.48. The fourth-order valence-electron chi connectivity index (χ4n) is 2.49. The van der Waals surface area contributed by atoms with Crippen molar-refractivity contribution < 1.29 is 14.6 Å². The van der Waals surface area contributed by atoms with Gasteiger partial charge in [0.2, 0.25) is 0 Å². The fraction of sp³-hybridized carbons (Fsp3) is 0.235. The molecule has 2 aromatic carbocycles. The van der Waals surface area contributed by atoms with Gasteiger partial charge in [-0.3, -0.25) is 0 Å². The zero-order chi connectivity index (χ0) is 16.2. The Bertz CT molecular complexity index is 837. The number of carbonyl (C=O) groups is 1. The molecule has 23 heavy (non-hydrogen) atoms. The molecule has 6 heteroatoms. The SMILES string of the molecule is Cc1c(C(=O)O)nnn1CCCOc1cccc2ccccc12. The Kier molecular flexibility index (Phi) is 4.23. The van der Waals surface area contributed by atoms with Crippen LogP contribution in [0, 0.1) is 6.92 Å². The molecule has 0 radical (unpaired) electrons. The molecule has 1 heterocycles. The number of carboxylic acid groups (broad SMARTS) is 1. The lowest BCUT2D eigenvalue weighted by molar-refractivity contribution is 0.0689. The van der Waals surface area contributed by atoms with E-state index in [0.717, 1.165) is 16.5 Å². The van der Waals surface area contributed by atoms with Crippen LogP contribution in [0.3, 0.4) is 0 Å². The van der Waals surface area contributed by atoms with Crippen LogP contribution in [0.5, 0.6) is 5.75 Å². The van der Waals surface area contributed by atoms with Gasteiger partial charge in [-0.25, -0.2) is 9.48 Å². The van der Waals surface area contributed by atoms with E-state index in [1.807, 2.05) is 42.5 Å². The van der Waals surface area contributed by atoms with Gasteiger partial charge in [0.15, 0.2) is 5.69 Å². The minimum atomic E-state index is -1.05. The van der Waals surface area contributed by atoms with Gasteiger partial charge >= 0.3 is 5.97 Å². The zero-order valence-corrected chi connectivity index (χ0v) is 12.8. The minimum absolute atomic E-state index is 0.0000261. The van der Waals surface area contributed by atoms with Crippen LogP contribution >= 0.6 is 0 Å². The molecule has 0 spiro atoms. The molecule has 0 aliphatic rings. The van der Waals surface area contributed by atoms with E-state index in [1.165, 1.54) is 0 Å². The van der Waals surface area contributed by atoms with Crippen molar-refractivity contribution in [1.82, 2.24) is 15.0 Å². The highest BCUT2D eigenvalue weighted by atomic mass is 16.5. The largest absolute Gasteiger partial charge is 0.493 e. The molecule has 0 unspecified atom stereocenters. The molecule has 0 aliphatic heterocycles. The summed E-state index contributed by atoms with van der Waals surface area (Å²) in [7, 11) is 0. The third-order valence-corrected chi connectivity index (χ3v) is 3.71. The Morgan fingerprint density at radius 1 is 1.22 bits per heavy atom. The van der Waals surface area contributed by atoms with Crippen molar-refractivity contribution in [2.24, 2.45) is 0 Å². The lowest BCUT2D eigenvalue weighted by Crippen LogP contribution is -2.08. The summed E-state index contributed by atoms with van der Waals surface area (Å²) in [5, 5.41) is 18.7. The number of aryl methyl sites for hydroxylation is 1. The van der Waals surface area contributed by atoms with Gasteiger partial charge in [0.1, 0.15) is 5.75 Å². The molecule has 6 nitrogen and oxygen atoms in total. The highest BCUT2D eigenvalue weighted by Gasteiger charge is 2.14. The van der Waals surface area contributed by atoms with Crippen LogP contribution in [0.1, 0.15) is 22.6 Å². The first-order valence-corrected chi connectivity index (χ1v) is 7.41. The van der Waals surface area contributed by atoms with E-state index in [1.54, 1.807) is 11.6 Å². The Morgan fingerprint density at radius 3 is 2.78 bits per heavy atom. The molecule has 0 amide bonds. The molecule has 1 aromatic heterocycles. The number of rotatable bonds is 6. The smallest absolute Gasteiger partial charge is 0.358 e. The van der Waals surface area contributed by atoms with E-state index in [-0.39, 0.29) is 5.69 Å². The van der Waals surface area contributed by atoms with Crippen molar-refractivity contribution in [3.8, 4) is 5.75 Å². The summed E-state index contributed by atoms with van der Waals surface area (Å²) >= 11 is 0. The lowest BCUT2D eigenvalue weighted by Gasteiger charge is -2.09. The maximum atomic E-state index is 10.9. The van der Waals surface area contributed by atoms with Crippen LogP contribution < -0.4 is 4.74 Å². The van der Waals surface area contributed by atoms with Gasteiger partial charge < -0.3 is 9.84 Å². The topological polar surface area (TPSA) is 77.2 Å². The highest BCUT2D eigenvalue weighted by Crippen LogP contribution is 2.25. The van der Waals surface area contributed by atoms with E-state index in [2.05, 4.69) is 10.3 Å². The van der Waals surface area contributed by atoms with Gasteiger partial charge in [-0.1, -0.05) is 41.6 Å². The summed E-state index contributed by atoms with van der Waals surface area (Å²) in [4.78, 5) is 10.9. The first kappa shape index (κ1) is 15.0. The third-order valence-electron chi connectivity index (χ3n) is 3.71. The Morgan fingerprint density at radius 2 is 2.00 bits per heavy atom. The highest BCUT2D eigenvalue weighted by molar-refractivity contribution is 5.88. The van der Waals surface area contributed by atoms with Crippen molar-refractivity contribution in [1.29, 1.82) is 0 Å². The second-order valence-electron chi connectivity index (χ2n) is 5.23. The molecule has 0 atom stereocenters. The monoisotopic (exact) mass is 311 g/mol.